The van der Waals surface area contributed by atoms with Gasteiger partial charge in [0.15, 0.2) is 9.84 Å². The maximum Gasteiger partial charge on any atom is 0.266 e. The summed E-state index contributed by atoms with van der Waals surface area (Å²) in [6.45, 7) is 1.57. The summed E-state index contributed by atoms with van der Waals surface area (Å²) in [5, 5.41) is 3.72. The third-order valence-corrected chi connectivity index (χ3v) is 6.67. The Morgan fingerprint density at radius 1 is 1.38 bits per heavy atom. The second-order valence-corrected chi connectivity index (χ2v) is 9.52. The number of amides is 2. The molecule has 6 nitrogen and oxygen atoms in total. The number of hydrogen-bond donors (Lipinski definition) is 1. The topological polar surface area (TPSA) is 83.6 Å². The van der Waals surface area contributed by atoms with Crippen molar-refractivity contribution in [3.8, 4) is 0 Å². The number of carbonyl (C=O) groups excluding carboxylic acids is 2. The molecular formula is C17H16N2O4S3. The molecule has 1 aromatic carbocycles. The zero-order chi connectivity index (χ0) is 18.9. The number of hydrogen-bond acceptors (Lipinski definition) is 6. The van der Waals surface area contributed by atoms with E-state index in [4.69, 9.17) is 12.2 Å². The number of thiocarbonyl (C=S) groups is 1. The lowest BCUT2D eigenvalue weighted by Gasteiger charge is -2.23. The highest BCUT2D eigenvalue weighted by molar-refractivity contribution is 8.26. The van der Waals surface area contributed by atoms with E-state index in [9.17, 15) is 18.0 Å². The second-order valence-electron chi connectivity index (χ2n) is 5.91. The summed E-state index contributed by atoms with van der Waals surface area (Å²) in [5.41, 5.74) is 0.867. The molecule has 0 spiro atoms. The molecule has 2 heterocycles. The zero-order valence-electron chi connectivity index (χ0n) is 13.8. The van der Waals surface area contributed by atoms with Gasteiger partial charge < -0.3 is 5.32 Å². The summed E-state index contributed by atoms with van der Waals surface area (Å²) in [6.07, 6.45) is 3.16. The Labute approximate surface area is 161 Å². The van der Waals surface area contributed by atoms with Crippen LogP contribution in [0.4, 0.5) is 0 Å². The lowest BCUT2D eigenvalue weighted by molar-refractivity contribution is -0.132. The molecule has 1 aromatic rings. The van der Waals surface area contributed by atoms with E-state index in [1.54, 1.807) is 13.0 Å². The highest BCUT2D eigenvalue weighted by atomic mass is 32.2. The molecule has 0 radical (unpaired) electrons. The fourth-order valence-corrected chi connectivity index (χ4v) is 5.25. The van der Waals surface area contributed by atoms with Gasteiger partial charge in [-0.25, -0.2) is 8.42 Å². The number of sulfone groups is 1. The molecule has 0 unspecified atom stereocenters. The van der Waals surface area contributed by atoms with Crippen molar-refractivity contribution in [3.63, 3.8) is 0 Å². The number of nitrogens with one attached hydrogen (secondary N) is 1. The molecule has 2 aliphatic heterocycles. The smallest absolute Gasteiger partial charge is 0.266 e. The van der Waals surface area contributed by atoms with Gasteiger partial charge in [0.05, 0.1) is 16.7 Å². The molecule has 2 amide bonds. The van der Waals surface area contributed by atoms with Crippen LogP contribution in [0.1, 0.15) is 12.5 Å². The van der Waals surface area contributed by atoms with Gasteiger partial charge in [0.2, 0.25) is 5.91 Å². The highest BCUT2D eigenvalue weighted by Gasteiger charge is 2.38. The Balaban J connectivity index is 1.71. The Hall–Kier alpha value is -1.97. The number of thioether (sulfide) groups is 1. The van der Waals surface area contributed by atoms with E-state index < -0.39 is 27.8 Å². The minimum atomic E-state index is -3.27. The van der Waals surface area contributed by atoms with Crippen molar-refractivity contribution in [3.05, 3.63) is 52.3 Å². The van der Waals surface area contributed by atoms with Crippen molar-refractivity contribution in [2.75, 3.05) is 5.75 Å². The quantitative estimate of drug-likeness (QED) is 0.603. The van der Waals surface area contributed by atoms with Crippen LogP contribution in [0.15, 0.2) is 46.7 Å². The Morgan fingerprint density at radius 3 is 2.69 bits per heavy atom. The lowest BCUT2D eigenvalue weighted by Crippen LogP contribution is -2.49. The van der Waals surface area contributed by atoms with Crippen LogP contribution in [-0.2, 0) is 19.4 Å². The van der Waals surface area contributed by atoms with Crippen molar-refractivity contribution < 1.29 is 18.0 Å². The summed E-state index contributed by atoms with van der Waals surface area (Å²) in [7, 11) is -3.27. The maximum absolute atomic E-state index is 12.7. The normalized spacial score (nSPS) is 24.3. The van der Waals surface area contributed by atoms with Gasteiger partial charge in [-0.05, 0) is 24.6 Å². The van der Waals surface area contributed by atoms with Gasteiger partial charge in [0, 0.05) is 5.41 Å². The summed E-state index contributed by atoms with van der Waals surface area (Å²) < 4.78 is 23.2. The van der Waals surface area contributed by atoms with Crippen molar-refractivity contribution in [2.45, 2.75) is 19.0 Å². The van der Waals surface area contributed by atoms with E-state index in [0.29, 0.717) is 9.23 Å². The minimum absolute atomic E-state index is 0.169. The predicted molar refractivity (Wildman–Crippen MR) is 106 cm³/mol. The van der Waals surface area contributed by atoms with Gasteiger partial charge in [0.1, 0.15) is 10.4 Å². The van der Waals surface area contributed by atoms with Crippen LogP contribution in [0.3, 0.4) is 0 Å². The lowest BCUT2D eigenvalue weighted by atomic mass is 10.2. The van der Waals surface area contributed by atoms with Crippen molar-refractivity contribution in [2.24, 2.45) is 0 Å². The summed E-state index contributed by atoms with van der Waals surface area (Å²) in [4.78, 5) is 26.8. The first-order chi connectivity index (χ1) is 12.3. The highest BCUT2D eigenvalue weighted by Crippen LogP contribution is 2.34. The summed E-state index contributed by atoms with van der Waals surface area (Å²) in [6, 6.07) is 7.93. The molecule has 0 aliphatic carbocycles. The molecule has 1 N–H and O–H groups in total. The Morgan fingerprint density at radius 2 is 2.08 bits per heavy atom. The first-order valence-corrected chi connectivity index (χ1v) is 10.7. The van der Waals surface area contributed by atoms with Crippen LogP contribution in [0.5, 0.6) is 0 Å². The molecule has 9 heteroatoms. The molecule has 3 rings (SSSR count). The molecular weight excluding hydrogens is 392 g/mol. The van der Waals surface area contributed by atoms with Crippen LogP contribution in [0, 0.1) is 0 Å². The molecule has 0 bridgehead atoms. The molecule has 1 saturated heterocycles. The molecule has 26 heavy (non-hydrogen) atoms. The van der Waals surface area contributed by atoms with Crippen LogP contribution in [0.2, 0.25) is 0 Å². The van der Waals surface area contributed by atoms with Crippen molar-refractivity contribution in [1.29, 1.82) is 0 Å². The summed E-state index contributed by atoms with van der Waals surface area (Å²) in [5.74, 6) is -0.951. The van der Waals surface area contributed by atoms with E-state index in [2.05, 4.69) is 5.32 Å². The number of benzene rings is 1. The van der Waals surface area contributed by atoms with Gasteiger partial charge in [-0.3, -0.25) is 14.5 Å². The van der Waals surface area contributed by atoms with E-state index in [1.165, 1.54) is 11.0 Å². The largest absolute Gasteiger partial charge is 0.347 e. The van der Waals surface area contributed by atoms with Gasteiger partial charge >= 0.3 is 0 Å². The van der Waals surface area contributed by atoms with E-state index in [-0.39, 0.29) is 11.7 Å². The molecule has 0 saturated carbocycles. The van der Waals surface area contributed by atoms with Gasteiger partial charge in [-0.2, -0.15) is 0 Å². The third kappa shape index (κ3) is 4.05. The maximum atomic E-state index is 12.7. The first kappa shape index (κ1) is 18.8. The van der Waals surface area contributed by atoms with Gasteiger partial charge in [-0.15, -0.1) is 0 Å². The third-order valence-electron chi connectivity index (χ3n) is 3.95. The van der Waals surface area contributed by atoms with Crippen LogP contribution >= 0.6 is 24.0 Å². The molecule has 2 aliphatic rings. The average Bonchev–Trinajstić information content (AvgIpc) is 3.06. The SMILES string of the molecule is C[C@@H](C(=O)N[C@H]1C=CS(=O)(=O)C1)N1C(=O)/C(=C\c2ccccc2)SC1=S. The minimum Gasteiger partial charge on any atom is -0.347 e. The number of nitrogens with zero attached hydrogens (tertiary/aromatic N) is 1. The fourth-order valence-electron chi connectivity index (χ4n) is 2.60. The van der Waals surface area contributed by atoms with Crippen LogP contribution in [-0.4, -0.2) is 47.3 Å². The second kappa shape index (κ2) is 7.34. The molecule has 2 atom stereocenters. The molecule has 136 valence electrons. The number of rotatable bonds is 4. The first-order valence-electron chi connectivity index (χ1n) is 7.80. The monoisotopic (exact) mass is 408 g/mol. The molecule has 1 fully saturated rings. The van der Waals surface area contributed by atoms with Gasteiger partial charge in [-0.1, -0.05) is 54.3 Å². The predicted octanol–water partition coefficient (Wildman–Crippen LogP) is 1.70. The van der Waals surface area contributed by atoms with Crippen LogP contribution < -0.4 is 5.32 Å². The van der Waals surface area contributed by atoms with Crippen molar-refractivity contribution >= 4 is 56.0 Å². The zero-order valence-corrected chi connectivity index (χ0v) is 16.2. The van der Waals surface area contributed by atoms with Crippen molar-refractivity contribution in [1.82, 2.24) is 10.2 Å². The van der Waals surface area contributed by atoms with Crippen LogP contribution in [0.25, 0.3) is 6.08 Å². The van der Waals surface area contributed by atoms with E-state index in [1.807, 2.05) is 30.3 Å². The summed E-state index contributed by atoms with van der Waals surface area (Å²) >= 11 is 6.41. The Bertz CT molecular complexity index is 923. The molecule has 0 aromatic heterocycles. The fraction of sp³-hybridized carbons (Fsp3) is 0.235. The standard InChI is InChI=1S/C17H16N2O4S3/c1-11(15(20)18-13-7-8-26(22,23)10-13)19-16(21)14(25-17(19)24)9-12-5-3-2-4-6-12/h2-9,11,13H,10H2,1H3,(H,18,20)/b14-9+/t11-,13-/m0/s1. The van der Waals surface area contributed by atoms with E-state index in [0.717, 1.165) is 22.7 Å². The Kier molecular flexibility index (Phi) is 5.31. The average molecular weight is 409 g/mol. The van der Waals surface area contributed by atoms with Gasteiger partial charge in [0.25, 0.3) is 5.91 Å². The van der Waals surface area contributed by atoms with E-state index >= 15 is 0 Å². The number of carbonyl (C=O) groups is 2.